The molecule has 5 nitrogen and oxygen atoms in total. The van der Waals surface area contributed by atoms with Gasteiger partial charge in [0.25, 0.3) is 0 Å². The van der Waals surface area contributed by atoms with Crippen LogP contribution < -0.4 is 0 Å². The molecule has 1 aromatic rings. The van der Waals surface area contributed by atoms with Crippen molar-refractivity contribution in [3.8, 4) is 6.07 Å². The highest BCUT2D eigenvalue weighted by Gasteiger charge is 2.39. The van der Waals surface area contributed by atoms with Gasteiger partial charge >= 0.3 is 5.97 Å². The lowest BCUT2D eigenvalue weighted by molar-refractivity contribution is -0.142. The predicted molar refractivity (Wildman–Crippen MR) is 102 cm³/mol. The van der Waals surface area contributed by atoms with Gasteiger partial charge in [0.15, 0.2) is 0 Å². The monoisotopic (exact) mass is 389 g/mol. The van der Waals surface area contributed by atoms with E-state index in [1.54, 1.807) is 26.0 Å². The van der Waals surface area contributed by atoms with Gasteiger partial charge in [-0.2, -0.15) is 5.26 Å². The number of carboxylic acids is 1. The van der Waals surface area contributed by atoms with Crippen LogP contribution >= 0.6 is 0 Å². The molecule has 1 aliphatic carbocycles. The van der Waals surface area contributed by atoms with E-state index in [0.29, 0.717) is 17.5 Å². The summed E-state index contributed by atoms with van der Waals surface area (Å²) in [5.41, 5.74) is -1.21. The molecule has 0 radical (unpaired) electrons. The minimum atomic E-state index is -1.27. The van der Waals surface area contributed by atoms with Gasteiger partial charge in [-0.15, -0.1) is 0 Å². The first-order valence-corrected chi connectivity index (χ1v) is 9.73. The zero-order valence-corrected chi connectivity index (χ0v) is 16.5. The summed E-state index contributed by atoms with van der Waals surface area (Å²) in [6.07, 6.45) is 3.43. The number of halogens is 1. The molecule has 0 aliphatic heterocycles. The Balaban J connectivity index is 2.14. The third kappa shape index (κ3) is 5.39. The van der Waals surface area contributed by atoms with Crippen LogP contribution in [-0.2, 0) is 21.4 Å². The number of hydrogen-bond acceptors (Lipinski definition) is 4. The van der Waals surface area contributed by atoms with Gasteiger partial charge in [0.05, 0.1) is 17.1 Å². The van der Waals surface area contributed by atoms with Crippen LogP contribution in [0.3, 0.4) is 0 Å². The highest BCUT2D eigenvalue weighted by Crippen LogP contribution is 2.39. The molecular weight excluding hydrogens is 361 g/mol. The van der Waals surface area contributed by atoms with Gasteiger partial charge in [0.1, 0.15) is 18.0 Å². The normalized spacial score (nSPS) is 17.1. The topological polar surface area (TPSA) is 98.4 Å². The Bertz CT molecular complexity index is 777. The average molecular weight is 389 g/mol. The highest BCUT2D eigenvalue weighted by molar-refractivity contribution is 5.95. The zero-order valence-electron chi connectivity index (χ0n) is 16.5. The van der Waals surface area contributed by atoms with E-state index in [1.807, 2.05) is 0 Å². The van der Waals surface area contributed by atoms with Crippen LogP contribution in [0.15, 0.2) is 18.2 Å². The molecular formula is C22H28FNO4. The first-order valence-electron chi connectivity index (χ1n) is 9.73. The third-order valence-corrected chi connectivity index (χ3v) is 5.80. The Morgan fingerprint density at radius 1 is 1.29 bits per heavy atom. The Hall–Kier alpha value is -2.26. The molecule has 0 amide bonds. The number of ketones is 1. The van der Waals surface area contributed by atoms with Gasteiger partial charge in [-0.1, -0.05) is 25.0 Å². The summed E-state index contributed by atoms with van der Waals surface area (Å²) in [5.74, 6) is -2.20. The van der Waals surface area contributed by atoms with Crippen LogP contribution in [0, 0.1) is 23.1 Å². The lowest BCUT2D eigenvalue weighted by Crippen LogP contribution is -2.40. The molecule has 0 aromatic heterocycles. The fourth-order valence-electron chi connectivity index (χ4n) is 4.11. The standard InChI is InChI=1S/C22H28FNO4/c1-21(2,14-24)18-8-7-15(11-19(18)23)9-10-22(28,16-5-3-4-6-16)13-17(25)12-20(26)27/h7-8,11,16,28H,3-6,9-10,12-13H2,1-2H3,(H,26,27)/t22-/m1/s1. The maximum absolute atomic E-state index is 14.5. The second kappa shape index (κ2) is 8.83. The van der Waals surface area contributed by atoms with Gasteiger partial charge < -0.3 is 10.2 Å². The van der Waals surface area contributed by atoms with Crippen LogP contribution in [0.5, 0.6) is 0 Å². The molecule has 0 spiro atoms. The van der Waals surface area contributed by atoms with Crippen molar-refractivity contribution >= 4 is 11.8 Å². The van der Waals surface area contributed by atoms with Crippen molar-refractivity contribution in [3.63, 3.8) is 0 Å². The minimum absolute atomic E-state index is 0.0492. The van der Waals surface area contributed by atoms with E-state index in [2.05, 4.69) is 6.07 Å². The SMILES string of the molecule is CC(C)(C#N)c1ccc(CC[C@@](O)(CC(=O)CC(=O)O)C2CCCC2)cc1F. The van der Waals surface area contributed by atoms with Gasteiger partial charge in [-0.05, 0) is 57.1 Å². The number of aryl methyl sites for hydroxylation is 1. The number of benzene rings is 1. The van der Waals surface area contributed by atoms with E-state index in [4.69, 9.17) is 5.11 Å². The van der Waals surface area contributed by atoms with Gasteiger partial charge in [0.2, 0.25) is 0 Å². The second-order valence-corrected chi connectivity index (χ2v) is 8.42. The first kappa shape index (κ1) is 22.0. The van der Waals surface area contributed by atoms with Crippen LogP contribution in [0.2, 0.25) is 0 Å². The molecule has 1 atom stereocenters. The first-order chi connectivity index (χ1) is 13.1. The molecule has 152 valence electrons. The number of aliphatic carboxylic acids is 1. The summed E-state index contributed by atoms with van der Waals surface area (Å²) < 4.78 is 14.5. The molecule has 0 heterocycles. The van der Waals surface area contributed by atoms with Gasteiger partial charge in [-0.3, -0.25) is 9.59 Å². The molecule has 1 saturated carbocycles. The molecule has 0 saturated heterocycles. The van der Waals surface area contributed by atoms with Crippen molar-refractivity contribution in [2.45, 2.75) is 76.2 Å². The summed E-state index contributed by atoms with van der Waals surface area (Å²) in [6.45, 7) is 3.30. The molecule has 2 rings (SSSR count). The number of Topliss-reactive ketones (excluding diaryl/α,β-unsaturated/α-hetero) is 1. The number of carbonyl (C=O) groups excluding carboxylic acids is 1. The Morgan fingerprint density at radius 3 is 2.46 bits per heavy atom. The van der Waals surface area contributed by atoms with Crippen molar-refractivity contribution in [3.05, 3.63) is 35.1 Å². The zero-order chi connectivity index (χ0) is 20.9. The average Bonchev–Trinajstić information content (AvgIpc) is 3.14. The summed E-state index contributed by atoms with van der Waals surface area (Å²) in [6, 6.07) is 6.80. The summed E-state index contributed by atoms with van der Waals surface area (Å²) in [5, 5.41) is 29.2. The molecule has 0 bridgehead atoms. The van der Waals surface area contributed by atoms with Gasteiger partial charge in [0, 0.05) is 12.0 Å². The van der Waals surface area contributed by atoms with E-state index in [-0.39, 0.29) is 18.8 Å². The van der Waals surface area contributed by atoms with Crippen LogP contribution in [0.4, 0.5) is 4.39 Å². The smallest absolute Gasteiger partial charge is 0.310 e. The fraction of sp³-hybridized carbons (Fsp3) is 0.591. The molecule has 1 aliphatic rings. The number of carbonyl (C=O) groups is 2. The van der Waals surface area contributed by atoms with E-state index in [9.17, 15) is 24.3 Å². The number of hydrogen-bond donors (Lipinski definition) is 2. The van der Waals surface area contributed by atoms with E-state index in [0.717, 1.165) is 25.7 Å². The Labute approximate surface area is 165 Å². The highest BCUT2D eigenvalue weighted by atomic mass is 19.1. The molecule has 6 heteroatoms. The molecule has 1 aromatic carbocycles. The number of rotatable bonds is 9. The maximum Gasteiger partial charge on any atom is 0.310 e. The fourth-order valence-corrected chi connectivity index (χ4v) is 4.11. The van der Waals surface area contributed by atoms with Crippen LogP contribution in [0.1, 0.15) is 69.9 Å². The minimum Gasteiger partial charge on any atom is -0.481 e. The van der Waals surface area contributed by atoms with Crippen molar-refractivity contribution in [1.82, 2.24) is 0 Å². The Morgan fingerprint density at radius 2 is 1.93 bits per heavy atom. The quantitative estimate of drug-likeness (QED) is 0.624. The van der Waals surface area contributed by atoms with Gasteiger partial charge in [-0.25, -0.2) is 4.39 Å². The maximum atomic E-state index is 14.5. The van der Waals surface area contributed by atoms with Crippen molar-refractivity contribution in [2.75, 3.05) is 0 Å². The van der Waals surface area contributed by atoms with E-state index >= 15 is 0 Å². The predicted octanol–water partition coefficient (Wildman–Crippen LogP) is 3.91. The summed E-state index contributed by atoms with van der Waals surface area (Å²) >= 11 is 0. The molecule has 1 fully saturated rings. The number of carboxylic acid groups (broad SMARTS) is 1. The molecule has 0 unspecified atom stereocenters. The largest absolute Gasteiger partial charge is 0.481 e. The van der Waals surface area contributed by atoms with Crippen molar-refractivity contribution in [1.29, 1.82) is 5.26 Å². The van der Waals surface area contributed by atoms with Crippen LogP contribution in [-0.4, -0.2) is 27.6 Å². The lowest BCUT2D eigenvalue weighted by Gasteiger charge is -2.34. The summed E-state index contributed by atoms with van der Waals surface area (Å²) in [7, 11) is 0. The molecule has 2 N–H and O–H groups in total. The van der Waals surface area contributed by atoms with E-state index in [1.165, 1.54) is 6.07 Å². The number of aliphatic hydroxyl groups is 1. The summed E-state index contributed by atoms with van der Waals surface area (Å²) in [4.78, 5) is 22.9. The van der Waals surface area contributed by atoms with Crippen molar-refractivity contribution in [2.24, 2.45) is 5.92 Å². The Kier molecular flexibility index (Phi) is 6.95. The lowest BCUT2D eigenvalue weighted by atomic mass is 9.77. The van der Waals surface area contributed by atoms with Crippen LogP contribution in [0.25, 0.3) is 0 Å². The second-order valence-electron chi connectivity index (χ2n) is 8.42. The molecule has 28 heavy (non-hydrogen) atoms. The van der Waals surface area contributed by atoms with Crippen molar-refractivity contribution < 1.29 is 24.2 Å². The third-order valence-electron chi connectivity index (χ3n) is 5.80. The van der Waals surface area contributed by atoms with E-state index < -0.39 is 35.0 Å². The number of nitrogens with zero attached hydrogens (tertiary/aromatic N) is 1. The number of nitriles is 1.